The molecule has 7 heteroatoms. The first-order chi connectivity index (χ1) is 11.3. The van der Waals surface area contributed by atoms with Gasteiger partial charge >= 0.3 is 0 Å². The normalized spacial score (nSPS) is 16.6. The molecule has 1 aromatic rings. The minimum Gasteiger partial charge on any atom is -0.342 e. The Morgan fingerprint density at radius 2 is 1.83 bits per heavy atom. The van der Waals surface area contributed by atoms with Crippen LogP contribution >= 0.6 is 11.6 Å². The van der Waals surface area contributed by atoms with Crippen molar-refractivity contribution < 1.29 is 13.2 Å². The average molecular weight is 373 g/mol. The molecule has 1 aromatic carbocycles. The maximum absolute atomic E-state index is 12.4. The Morgan fingerprint density at radius 3 is 2.38 bits per heavy atom. The summed E-state index contributed by atoms with van der Waals surface area (Å²) in [5, 5.41) is 0.647. The monoisotopic (exact) mass is 372 g/mol. The SMILES string of the molecule is CC1CCN(C(=O)CN(CCc2ccc(Cl)cc2)S(C)(=O)=O)CC1. The average Bonchev–Trinajstić information content (AvgIpc) is 2.52. The molecule has 24 heavy (non-hydrogen) atoms. The van der Waals surface area contributed by atoms with Crippen LogP contribution in [-0.2, 0) is 21.2 Å². The second-order valence-corrected chi connectivity index (χ2v) is 8.96. The van der Waals surface area contributed by atoms with Gasteiger partial charge in [0.25, 0.3) is 0 Å². The van der Waals surface area contributed by atoms with Crippen LogP contribution in [0.1, 0.15) is 25.3 Å². The molecule has 0 spiro atoms. The molecule has 1 amide bonds. The van der Waals surface area contributed by atoms with Crippen molar-refractivity contribution in [3.63, 3.8) is 0 Å². The largest absolute Gasteiger partial charge is 0.342 e. The van der Waals surface area contributed by atoms with Gasteiger partial charge in [-0.2, -0.15) is 4.31 Å². The van der Waals surface area contributed by atoms with Crippen molar-refractivity contribution in [3.8, 4) is 0 Å². The first-order valence-corrected chi connectivity index (χ1v) is 10.5. The van der Waals surface area contributed by atoms with Gasteiger partial charge in [0.05, 0.1) is 12.8 Å². The summed E-state index contributed by atoms with van der Waals surface area (Å²) < 4.78 is 25.3. The maximum Gasteiger partial charge on any atom is 0.237 e. The van der Waals surface area contributed by atoms with Gasteiger partial charge in [0.1, 0.15) is 0 Å². The van der Waals surface area contributed by atoms with Crippen LogP contribution in [-0.4, -0.2) is 56.0 Å². The van der Waals surface area contributed by atoms with Crippen LogP contribution in [0.5, 0.6) is 0 Å². The Bertz CT molecular complexity index is 653. The van der Waals surface area contributed by atoms with E-state index < -0.39 is 10.0 Å². The van der Waals surface area contributed by atoms with E-state index >= 15 is 0 Å². The lowest BCUT2D eigenvalue weighted by molar-refractivity contribution is -0.132. The van der Waals surface area contributed by atoms with Crippen molar-refractivity contribution in [3.05, 3.63) is 34.9 Å². The third-order valence-electron chi connectivity index (χ3n) is 4.48. The molecule has 0 saturated carbocycles. The molecule has 1 aliphatic heterocycles. The molecule has 1 heterocycles. The molecule has 0 bridgehead atoms. The summed E-state index contributed by atoms with van der Waals surface area (Å²) in [7, 11) is -3.43. The van der Waals surface area contributed by atoms with E-state index in [-0.39, 0.29) is 19.0 Å². The Balaban J connectivity index is 1.95. The molecule has 2 rings (SSSR count). The number of carbonyl (C=O) groups is 1. The first-order valence-electron chi connectivity index (χ1n) is 8.23. The van der Waals surface area contributed by atoms with Crippen LogP contribution in [0.15, 0.2) is 24.3 Å². The molecule has 5 nitrogen and oxygen atoms in total. The molecule has 0 radical (unpaired) electrons. The molecule has 1 fully saturated rings. The smallest absolute Gasteiger partial charge is 0.237 e. The van der Waals surface area contributed by atoms with Gasteiger partial charge in [-0.25, -0.2) is 8.42 Å². The summed E-state index contributed by atoms with van der Waals surface area (Å²) in [6.07, 6.45) is 3.67. The second kappa shape index (κ2) is 8.32. The van der Waals surface area contributed by atoms with Crippen molar-refractivity contribution in [2.24, 2.45) is 5.92 Å². The van der Waals surface area contributed by atoms with Crippen LogP contribution in [0.3, 0.4) is 0 Å². The molecule has 0 aromatic heterocycles. The van der Waals surface area contributed by atoms with E-state index in [1.807, 2.05) is 12.1 Å². The molecule has 1 saturated heterocycles. The van der Waals surface area contributed by atoms with Gasteiger partial charge in [-0.15, -0.1) is 0 Å². The number of halogens is 1. The third-order valence-corrected chi connectivity index (χ3v) is 5.98. The number of rotatable bonds is 6. The van der Waals surface area contributed by atoms with Gasteiger partial charge in [0, 0.05) is 24.7 Å². The lowest BCUT2D eigenvalue weighted by Gasteiger charge is -2.32. The fourth-order valence-electron chi connectivity index (χ4n) is 2.78. The van der Waals surface area contributed by atoms with Gasteiger partial charge in [0.15, 0.2) is 0 Å². The summed E-state index contributed by atoms with van der Waals surface area (Å²) in [5.74, 6) is 0.522. The van der Waals surface area contributed by atoms with E-state index in [2.05, 4.69) is 6.92 Å². The van der Waals surface area contributed by atoms with Crippen molar-refractivity contribution >= 4 is 27.5 Å². The zero-order valence-electron chi connectivity index (χ0n) is 14.2. The molecule has 134 valence electrons. The lowest BCUT2D eigenvalue weighted by atomic mass is 9.99. The summed E-state index contributed by atoms with van der Waals surface area (Å²) in [6.45, 7) is 3.82. The van der Waals surface area contributed by atoms with Crippen LogP contribution in [0.25, 0.3) is 0 Å². The Morgan fingerprint density at radius 1 is 1.25 bits per heavy atom. The van der Waals surface area contributed by atoms with Gasteiger partial charge in [0.2, 0.25) is 15.9 Å². The number of piperidine rings is 1. The predicted octanol–water partition coefficient (Wildman–Crippen LogP) is 2.40. The number of sulfonamides is 1. The molecule has 0 unspecified atom stereocenters. The predicted molar refractivity (Wildman–Crippen MR) is 96.6 cm³/mol. The van der Waals surface area contributed by atoms with Gasteiger partial charge in [-0.1, -0.05) is 30.7 Å². The van der Waals surface area contributed by atoms with Crippen LogP contribution in [0.4, 0.5) is 0 Å². The van der Waals surface area contributed by atoms with Crippen LogP contribution in [0, 0.1) is 5.92 Å². The number of hydrogen-bond donors (Lipinski definition) is 0. The molecule has 0 N–H and O–H groups in total. The minimum absolute atomic E-state index is 0.0825. The molecular formula is C17H25ClN2O3S. The van der Waals surface area contributed by atoms with E-state index in [4.69, 9.17) is 11.6 Å². The minimum atomic E-state index is -3.43. The van der Waals surface area contributed by atoms with E-state index in [0.717, 1.165) is 37.8 Å². The highest BCUT2D eigenvalue weighted by molar-refractivity contribution is 7.88. The van der Waals surface area contributed by atoms with E-state index in [1.54, 1.807) is 17.0 Å². The van der Waals surface area contributed by atoms with Crippen molar-refractivity contribution in [1.29, 1.82) is 0 Å². The van der Waals surface area contributed by atoms with E-state index in [1.165, 1.54) is 4.31 Å². The number of amides is 1. The zero-order valence-corrected chi connectivity index (χ0v) is 15.8. The Hall–Kier alpha value is -1.11. The number of hydrogen-bond acceptors (Lipinski definition) is 3. The molecule has 1 aliphatic rings. The molecular weight excluding hydrogens is 348 g/mol. The highest BCUT2D eigenvalue weighted by atomic mass is 35.5. The van der Waals surface area contributed by atoms with Gasteiger partial charge < -0.3 is 4.90 Å². The summed E-state index contributed by atoms with van der Waals surface area (Å²) >= 11 is 5.86. The fourth-order valence-corrected chi connectivity index (χ4v) is 3.67. The highest BCUT2D eigenvalue weighted by Crippen LogP contribution is 2.17. The number of nitrogens with zero attached hydrogens (tertiary/aromatic N) is 2. The van der Waals surface area contributed by atoms with Gasteiger partial charge in [-0.3, -0.25) is 4.79 Å². The Kier molecular flexibility index (Phi) is 6.66. The van der Waals surface area contributed by atoms with E-state index in [9.17, 15) is 13.2 Å². The zero-order chi connectivity index (χ0) is 17.7. The summed E-state index contributed by atoms with van der Waals surface area (Å²) in [6, 6.07) is 7.30. The summed E-state index contributed by atoms with van der Waals surface area (Å²) in [5.41, 5.74) is 0.993. The lowest BCUT2D eigenvalue weighted by Crippen LogP contribution is -2.45. The standard InChI is InChI=1S/C17H25ClN2O3S/c1-14-7-10-19(11-8-14)17(21)13-20(24(2,22)23)12-9-15-3-5-16(18)6-4-15/h3-6,14H,7-13H2,1-2H3. The quantitative estimate of drug-likeness (QED) is 0.770. The molecule has 0 atom stereocenters. The number of benzene rings is 1. The number of likely N-dealkylation sites (tertiary alicyclic amines) is 1. The van der Waals surface area contributed by atoms with Crippen molar-refractivity contribution in [2.75, 3.05) is 32.4 Å². The fraction of sp³-hybridized carbons (Fsp3) is 0.588. The third kappa shape index (κ3) is 5.76. The van der Waals surface area contributed by atoms with Crippen LogP contribution < -0.4 is 0 Å². The first kappa shape index (κ1) is 19.2. The maximum atomic E-state index is 12.4. The summed E-state index contributed by atoms with van der Waals surface area (Å²) in [4.78, 5) is 14.2. The Labute approximate surface area is 149 Å². The molecule has 0 aliphatic carbocycles. The van der Waals surface area contributed by atoms with Crippen molar-refractivity contribution in [1.82, 2.24) is 9.21 Å². The number of carbonyl (C=O) groups excluding carboxylic acids is 1. The van der Waals surface area contributed by atoms with Crippen LogP contribution in [0.2, 0.25) is 5.02 Å². The topological polar surface area (TPSA) is 57.7 Å². The van der Waals surface area contributed by atoms with Crippen molar-refractivity contribution in [2.45, 2.75) is 26.2 Å². The highest BCUT2D eigenvalue weighted by Gasteiger charge is 2.25. The van der Waals surface area contributed by atoms with E-state index in [0.29, 0.717) is 17.4 Å². The van der Waals surface area contributed by atoms with Gasteiger partial charge in [-0.05, 0) is 42.9 Å². The second-order valence-electron chi connectivity index (χ2n) is 6.54.